The maximum atomic E-state index is 12.0. The van der Waals surface area contributed by atoms with E-state index < -0.39 is 0 Å². The number of carbonyl (C=O) groups excluding carboxylic acids is 4. The first-order valence-electron chi connectivity index (χ1n) is 9.21. The molecule has 1 aliphatic carbocycles. The molecule has 2 aliphatic rings. The Morgan fingerprint density at radius 3 is 2.19 bits per heavy atom. The average Bonchev–Trinajstić information content (AvgIpc) is 2.47. The van der Waals surface area contributed by atoms with E-state index in [9.17, 15) is 19.2 Å². The van der Waals surface area contributed by atoms with E-state index in [4.69, 9.17) is 0 Å². The Morgan fingerprint density at radius 1 is 1.08 bits per heavy atom. The lowest BCUT2D eigenvalue weighted by Gasteiger charge is -2.34. The largest absolute Gasteiger partial charge is 0.355 e. The Kier molecular flexibility index (Phi) is 7.49. The fraction of sp³-hybridized carbons (Fsp3) is 0.778. The Labute approximate surface area is 159 Å². The van der Waals surface area contributed by atoms with Crippen LogP contribution in [0.1, 0.15) is 46.0 Å². The summed E-state index contributed by atoms with van der Waals surface area (Å²) in [5.41, 5.74) is -0.288. The highest BCUT2D eigenvalue weighted by Gasteiger charge is 2.36. The van der Waals surface area contributed by atoms with Crippen LogP contribution in [0.3, 0.4) is 0 Å². The Morgan fingerprint density at radius 2 is 1.65 bits per heavy atom. The van der Waals surface area contributed by atoms with Crippen molar-refractivity contribution in [1.29, 1.82) is 0 Å². The number of hydrogen-bond donors (Lipinski definition) is 2. The second-order valence-corrected chi connectivity index (χ2v) is 8.89. The van der Waals surface area contributed by atoms with Crippen LogP contribution >= 0.6 is 11.8 Å². The molecule has 1 saturated carbocycles. The molecule has 0 unspecified atom stereocenters. The first kappa shape index (κ1) is 20.7. The number of hydrogen-bond acceptors (Lipinski definition) is 5. The van der Waals surface area contributed by atoms with Crippen molar-refractivity contribution in [2.24, 2.45) is 11.3 Å². The molecule has 2 rings (SSSR count). The monoisotopic (exact) mass is 383 g/mol. The van der Waals surface area contributed by atoms with Crippen LogP contribution in [0.25, 0.3) is 0 Å². The van der Waals surface area contributed by atoms with E-state index in [1.165, 1.54) is 35.9 Å². The van der Waals surface area contributed by atoms with Crippen LogP contribution in [0, 0.1) is 11.3 Å². The molecule has 146 valence electrons. The number of rotatable bonds is 9. The van der Waals surface area contributed by atoms with Gasteiger partial charge in [-0.1, -0.05) is 20.3 Å². The van der Waals surface area contributed by atoms with Crippen LogP contribution in [-0.4, -0.2) is 59.7 Å². The highest BCUT2D eigenvalue weighted by Crippen LogP contribution is 2.31. The number of nitrogens with one attached hydrogen (secondary N) is 2. The third-order valence-corrected chi connectivity index (χ3v) is 5.73. The lowest BCUT2D eigenvalue weighted by atomic mass is 9.82. The normalized spacial score (nSPS) is 19.8. The highest BCUT2D eigenvalue weighted by atomic mass is 32.2. The first-order valence-corrected chi connectivity index (χ1v) is 10.4. The van der Waals surface area contributed by atoms with E-state index in [1.807, 2.05) is 13.8 Å². The van der Waals surface area contributed by atoms with Gasteiger partial charge in [0.05, 0.1) is 11.5 Å². The van der Waals surface area contributed by atoms with Gasteiger partial charge in [0.25, 0.3) is 0 Å². The summed E-state index contributed by atoms with van der Waals surface area (Å²) < 4.78 is 0. The Bertz CT molecular complexity index is 541. The first-order chi connectivity index (χ1) is 12.3. The van der Waals surface area contributed by atoms with Crippen molar-refractivity contribution in [2.45, 2.75) is 46.0 Å². The van der Waals surface area contributed by atoms with E-state index in [0.29, 0.717) is 18.8 Å². The number of thioether (sulfide) groups is 1. The van der Waals surface area contributed by atoms with Crippen LogP contribution in [-0.2, 0) is 19.2 Å². The third kappa shape index (κ3) is 6.63. The van der Waals surface area contributed by atoms with E-state index in [-0.39, 0.29) is 53.6 Å². The van der Waals surface area contributed by atoms with Gasteiger partial charge in [0.15, 0.2) is 0 Å². The number of nitrogens with zero attached hydrogens (tertiary/aromatic N) is 1. The highest BCUT2D eigenvalue weighted by molar-refractivity contribution is 8.00. The number of piperidine rings is 1. The summed E-state index contributed by atoms with van der Waals surface area (Å²) in [6.07, 6.45) is 4.32. The van der Waals surface area contributed by atoms with Gasteiger partial charge in [-0.05, 0) is 24.2 Å². The zero-order valence-electron chi connectivity index (χ0n) is 15.6. The number of imide groups is 1. The van der Waals surface area contributed by atoms with Gasteiger partial charge in [-0.2, -0.15) is 0 Å². The average molecular weight is 384 g/mol. The summed E-state index contributed by atoms with van der Waals surface area (Å²) in [6, 6.07) is 0. The van der Waals surface area contributed by atoms with Gasteiger partial charge >= 0.3 is 0 Å². The van der Waals surface area contributed by atoms with Gasteiger partial charge in [-0.15, -0.1) is 11.8 Å². The topological polar surface area (TPSA) is 95.6 Å². The second-order valence-electron chi connectivity index (χ2n) is 7.90. The van der Waals surface area contributed by atoms with Crippen LogP contribution in [0.5, 0.6) is 0 Å². The van der Waals surface area contributed by atoms with E-state index >= 15 is 0 Å². The van der Waals surface area contributed by atoms with Crippen molar-refractivity contribution >= 4 is 35.4 Å². The molecule has 0 aromatic rings. The van der Waals surface area contributed by atoms with Gasteiger partial charge in [0, 0.05) is 32.5 Å². The summed E-state index contributed by atoms with van der Waals surface area (Å²) in [5, 5.41) is 5.58. The molecular weight excluding hydrogens is 354 g/mol. The van der Waals surface area contributed by atoms with Crippen LogP contribution < -0.4 is 10.6 Å². The molecule has 2 N–H and O–H groups in total. The fourth-order valence-electron chi connectivity index (χ4n) is 3.06. The molecule has 4 amide bonds. The molecule has 0 spiro atoms. The molecule has 2 fully saturated rings. The predicted octanol–water partition coefficient (Wildman–Crippen LogP) is 0.927. The second kappa shape index (κ2) is 9.39. The molecule has 1 saturated heterocycles. The predicted molar refractivity (Wildman–Crippen MR) is 100 cm³/mol. The standard InChI is InChI=1S/C18H29N3O4S/c1-18(2)8-16(24)21(17(25)9-18)7-6-19-14(22)11-26-12-15(23)20-10-13-4-3-5-13/h13H,3-12H2,1-2H3,(H,19,22)(H,20,23). The lowest BCUT2D eigenvalue weighted by Crippen LogP contribution is -2.48. The summed E-state index contributed by atoms with van der Waals surface area (Å²) in [5.74, 6) is 0.472. The minimum absolute atomic E-state index is 0.0400. The van der Waals surface area contributed by atoms with Crippen LogP contribution in [0.4, 0.5) is 0 Å². The third-order valence-electron chi connectivity index (χ3n) is 4.80. The van der Waals surface area contributed by atoms with Crippen molar-refractivity contribution in [2.75, 3.05) is 31.1 Å². The molecule has 7 nitrogen and oxygen atoms in total. The van der Waals surface area contributed by atoms with E-state index in [0.717, 1.165) is 6.54 Å². The molecule has 1 aliphatic heterocycles. The zero-order chi connectivity index (χ0) is 19.2. The maximum Gasteiger partial charge on any atom is 0.230 e. The summed E-state index contributed by atoms with van der Waals surface area (Å²) >= 11 is 1.26. The quantitative estimate of drug-likeness (QED) is 0.578. The number of carbonyl (C=O) groups is 4. The molecule has 0 aromatic heterocycles. The summed E-state index contributed by atoms with van der Waals surface area (Å²) in [4.78, 5) is 48.7. The number of amides is 4. The van der Waals surface area contributed by atoms with Gasteiger partial charge in [0.1, 0.15) is 0 Å². The van der Waals surface area contributed by atoms with Crippen molar-refractivity contribution in [3.63, 3.8) is 0 Å². The molecule has 26 heavy (non-hydrogen) atoms. The van der Waals surface area contributed by atoms with Gasteiger partial charge in [-0.25, -0.2) is 0 Å². The summed E-state index contributed by atoms with van der Waals surface area (Å²) in [7, 11) is 0. The van der Waals surface area contributed by atoms with Crippen molar-refractivity contribution in [3.05, 3.63) is 0 Å². The van der Waals surface area contributed by atoms with Gasteiger partial charge < -0.3 is 10.6 Å². The molecule has 0 bridgehead atoms. The minimum atomic E-state index is -0.288. The molecule has 0 radical (unpaired) electrons. The minimum Gasteiger partial charge on any atom is -0.355 e. The van der Waals surface area contributed by atoms with Crippen molar-refractivity contribution in [3.8, 4) is 0 Å². The fourth-order valence-corrected chi connectivity index (χ4v) is 3.74. The van der Waals surface area contributed by atoms with Crippen molar-refractivity contribution in [1.82, 2.24) is 15.5 Å². The Hall–Kier alpha value is -1.57. The SMILES string of the molecule is CC1(C)CC(=O)N(CCNC(=O)CSCC(=O)NCC2CCC2)C(=O)C1. The van der Waals surface area contributed by atoms with E-state index in [1.54, 1.807) is 0 Å². The summed E-state index contributed by atoms with van der Waals surface area (Å²) in [6.45, 7) is 4.99. The molecule has 1 heterocycles. The lowest BCUT2D eigenvalue weighted by molar-refractivity contribution is -0.152. The van der Waals surface area contributed by atoms with Crippen molar-refractivity contribution < 1.29 is 19.2 Å². The number of likely N-dealkylation sites (tertiary alicyclic amines) is 1. The Balaban J connectivity index is 1.55. The molecule has 0 atom stereocenters. The zero-order valence-corrected chi connectivity index (χ0v) is 16.5. The maximum absolute atomic E-state index is 12.0. The molecular formula is C18H29N3O4S. The molecule has 0 aromatic carbocycles. The van der Waals surface area contributed by atoms with Crippen LogP contribution in [0.2, 0.25) is 0 Å². The van der Waals surface area contributed by atoms with E-state index in [2.05, 4.69) is 10.6 Å². The van der Waals surface area contributed by atoms with Gasteiger partial charge in [-0.3, -0.25) is 24.1 Å². The molecule has 8 heteroatoms. The van der Waals surface area contributed by atoms with Crippen LogP contribution in [0.15, 0.2) is 0 Å². The smallest absolute Gasteiger partial charge is 0.230 e. The van der Waals surface area contributed by atoms with Gasteiger partial charge in [0.2, 0.25) is 23.6 Å².